The molecule has 0 saturated carbocycles. The van der Waals surface area contributed by atoms with Crippen LogP contribution in [-0.2, 0) is 6.42 Å². The molecule has 94 valence electrons. The van der Waals surface area contributed by atoms with Crippen LogP contribution in [0.3, 0.4) is 0 Å². The summed E-state index contributed by atoms with van der Waals surface area (Å²) in [7, 11) is 2.21. The van der Waals surface area contributed by atoms with E-state index in [4.69, 9.17) is 0 Å². The number of piperidine rings is 1. The van der Waals surface area contributed by atoms with Crippen molar-refractivity contribution in [1.82, 2.24) is 19.7 Å². The standard InChI is InChI=1S/C13H22N4/c1-10-5-3-7-12-14-15-13(17(10)12)11-6-4-8-16(2)9-11/h10-11H,3-9H2,1-2H3. The van der Waals surface area contributed by atoms with Crippen LogP contribution >= 0.6 is 0 Å². The number of likely N-dealkylation sites (tertiary alicyclic amines) is 1. The first-order valence-corrected chi connectivity index (χ1v) is 6.88. The Morgan fingerprint density at radius 3 is 2.88 bits per heavy atom. The van der Waals surface area contributed by atoms with E-state index >= 15 is 0 Å². The predicted molar refractivity (Wildman–Crippen MR) is 67.1 cm³/mol. The van der Waals surface area contributed by atoms with Crippen LogP contribution in [0.25, 0.3) is 0 Å². The number of likely N-dealkylation sites (N-methyl/N-ethyl adjacent to an activating group) is 1. The Bertz CT molecular complexity index is 398. The SMILES string of the molecule is CC1CCCc2nnc(C3CCCN(C)C3)n21. The molecule has 0 radical (unpaired) electrons. The van der Waals surface area contributed by atoms with Gasteiger partial charge in [0.15, 0.2) is 0 Å². The second-order valence-corrected chi connectivity index (χ2v) is 5.69. The van der Waals surface area contributed by atoms with Crippen molar-refractivity contribution < 1.29 is 0 Å². The summed E-state index contributed by atoms with van der Waals surface area (Å²) < 4.78 is 2.42. The molecule has 2 unspecified atom stereocenters. The second kappa shape index (κ2) is 4.41. The first-order chi connectivity index (χ1) is 8.25. The minimum absolute atomic E-state index is 0.593. The number of hydrogen-bond acceptors (Lipinski definition) is 3. The summed E-state index contributed by atoms with van der Waals surface area (Å²) in [5.74, 6) is 3.06. The molecule has 3 heterocycles. The molecule has 3 rings (SSSR count). The molecule has 4 heteroatoms. The van der Waals surface area contributed by atoms with Crippen molar-refractivity contribution in [3.8, 4) is 0 Å². The van der Waals surface area contributed by atoms with Crippen LogP contribution in [0.2, 0.25) is 0 Å². The highest BCUT2D eigenvalue weighted by Crippen LogP contribution is 2.31. The van der Waals surface area contributed by atoms with Crippen molar-refractivity contribution >= 4 is 0 Å². The second-order valence-electron chi connectivity index (χ2n) is 5.69. The quantitative estimate of drug-likeness (QED) is 0.745. The van der Waals surface area contributed by atoms with E-state index in [-0.39, 0.29) is 0 Å². The molecule has 1 aromatic heterocycles. The maximum absolute atomic E-state index is 4.49. The van der Waals surface area contributed by atoms with E-state index in [0.29, 0.717) is 12.0 Å². The molecule has 0 N–H and O–H groups in total. The topological polar surface area (TPSA) is 34.0 Å². The third-order valence-corrected chi connectivity index (χ3v) is 4.25. The molecule has 0 aromatic carbocycles. The Morgan fingerprint density at radius 2 is 2.06 bits per heavy atom. The van der Waals surface area contributed by atoms with Gasteiger partial charge < -0.3 is 9.47 Å². The van der Waals surface area contributed by atoms with Crippen molar-refractivity contribution in [2.45, 2.75) is 51.0 Å². The van der Waals surface area contributed by atoms with Crippen molar-refractivity contribution in [2.75, 3.05) is 20.1 Å². The van der Waals surface area contributed by atoms with Gasteiger partial charge in [-0.15, -0.1) is 10.2 Å². The number of aryl methyl sites for hydroxylation is 1. The third-order valence-electron chi connectivity index (χ3n) is 4.25. The molecule has 0 bridgehead atoms. The molecule has 4 nitrogen and oxygen atoms in total. The fraction of sp³-hybridized carbons (Fsp3) is 0.846. The van der Waals surface area contributed by atoms with Gasteiger partial charge in [0.05, 0.1) is 0 Å². The van der Waals surface area contributed by atoms with Gasteiger partial charge in [0.25, 0.3) is 0 Å². The highest BCUT2D eigenvalue weighted by atomic mass is 15.3. The van der Waals surface area contributed by atoms with E-state index < -0.39 is 0 Å². The number of aromatic nitrogens is 3. The smallest absolute Gasteiger partial charge is 0.137 e. The first-order valence-electron chi connectivity index (χ1n) is 6.88. The number of rotatable bonds is 1. The van der Waals surface area contributed by atoms with Gasteiger partial charge in [0.2, 0.25) is 0 Å². The van der Waals surface area contributed by atoms with E-state index in [0.717, 1.165) is 13.0 Å². The predicted octanol–water partition coefficient (Wildman–Crippen LogP) is 1.98. The molecule has 0 spiro atoms. The zero-order valence-electron chi connectivity index (χ0n) is 10.9. The Morgan fingerprint density at radius 1 is 1.18 bits per heavy atom. The molecule has 17 heavy (non-hydrogen) atoms. The molecule has 2 aliphatic rings. The van der Waals surface area contributed by atoms with E-state index in [1.165, 1.54) is 43.9 Å². The van der Waals surface area contributed by atoms with Crippen LogP contribution in [-0.4, -0.2) is 39.8 Å². The van der Waals surface area contributed by atoms with Crippen LogP contribution in [0.15, 0.2) is 0 Å². The molecular formula is C13H22N4. The third kappa shape index (κ3) is 1.99. The number of fused-ring (bicyclic) bond motifs is 1. The molecule has 2 aliphatic heterocycles. The molecule has 1 saturated heterocycles. The van der Waals surface area contributed by atoms with Crippen molar-refractivity contribution in [2.24, 2.45) is 0 Å². The van der Waals surface area contributed by atoms with Crippen LogP contribution in [0.4, 0.5) is 0 Å². The molecule has 1 fully saturated rings. The van der Waals surface area contributed by atoms with Gasteiger partial charge in [-0.3, -0.25) is 0 Å². The fourth-order valence-electron chi connectivity index (χ4n) is 3.33. The maximum atomic E-state index is 4.49. The lowest BCUT2D eigenvalue weighted by Gasteiger charge is -2.31. The number of hydrogen-bond donors (Lipinski definition) is 0. The Labute approximate surface area is 103 Å². The van der Waals surface area contributed by atoms with Crippen LogP contribution in [0, 0.1) is 0 Å². The van der Waals surface area contributed by atoms with Gasteiger partial charge in [0.1, 0.15) is 11.6 Å². The summed E-state index contributed by atoms with van der Waals surface area (Å²) in [6, 6.07) is 0.594. The molecule has 2 atom stereocenters. The van der Waals surface area contributed by atoms with Gasteiger partial charge in [-0.25, -0.2) is 0 Å². The highest BCUT2D eigenvalue weighted by molar-refractivity contribution is 5.08. The molecule has 0 amide bonds. The average Bonchev–Trinajstić information content (AvgIpc) is 2.74. The Kier molecular flexibility index (Phi) is 2.90. The normalized spacial score (nSPS) is 30.2. The zero-order chi connectivity index (χ0) is 11.8. The van der Waals surface area contributed by atoms with Crippen molar-refractivity contribution in [1.29, 1.82) is 0 Å². The van der Waals surface area contributed by atoms with Crippen LogP contribution in [0.1, 0.15) is 56.2 Å². The van der Waals surface area contributed by atoms with Crippen molar-refractivity contribution in [3.05, 3.63) is 11.6 Å². The van der Waals surface area contributed by atoms with E-state index in [1.807, 2.05) is 0 Å². The van der Waals surface area contributed by atoms with Gasteiger partial charge in [0, 0.05) is 24.9 Å². The van der Waals surface area contributed by atoms with Gasteiger partial charge in [-0.05, 0) is 46.2 Å². The lowest BCUT2D eigenvalue weighted by atomic mass is 9.96. The summed E-state index contributed by atoms with van der Waals surface area (Å²) >= 11 is 0. The summed E-state index contributed by atoms with van der Waals surface area (Å²) in [5.41, 5.74) is 0. The average molecular weight is 234 g/mol. The van der Waals surface area contributed by atoms with E-state index in [1.54, 1.807) is 0 Å². The zero-order valence-corrected chi connectivity index (χ0v) is 10.9. The molecule has 1 aromatic rings. The summed E-state index contributed by atoms with van der Waals surface area (Å²) in [6.07, 6.45) is 6.22. The maximum Gasteiger partial charge on any atom is 0.137 e. The van der Waals surface area contributed by atoms with Crippen LogP contribution in [0.5, 0.6) is 0 Å². The largest absolute Gasteiger partial charge is 0.312 e. The van der Waals surface area contributed by atoms with Gasteiger partial charge in [-0.1, -0.05) is 0 Å². The Balaban J connectivity index is 1.90. The van der Waals surface area contributed by atoms with Gasteiger partial charge in [-0.2, -0.15) is 0 Å². The molecule has 0 aliphatic carbocycles. The summed E-state index contributed by atoms with van der Waals surface area (Å²) in [4.78, 5) is 2.42. The van der Waals surface area contributed by atoms with E-state index in [9.17, 15) is 0 Å². The van der Waals surface area contributed by atoms with Crippen LogP contribution < -0.4 is 0 Å². The number of nitrogens with zero attached hydrogens (tertiary/aromatic N) is 4. The highest BCUT2D eigenvalue weighted by Gasteiger charge is 2.28. The lowest BCUT2D eigenvalue weighted by Crippen LogP contribution is -2.33. The summed E-state index contributed by atoms with van der Waals surface area (Å²) in [6.45, 7) is 4.68. The minimum Gasteiger partial charge on any atom is -0.312 e. The van der Waals surface area contributed by atoms with Crippen molar-refractivity contribution in [3.63, 3.8) is 0 Å². The lowest BCUT2D eigenvalue weighted by molar-refractivity contribution is 0.239. The monoisotopic (exact) mass is 234 g/mol. The van der Waals surface area contributed by atoms with E-state index in [2.05, 4.69) is 33.6 Å². The summed E-state index contributed by atoms with van der Waals surface area (Å²) in [5, 5.41) is 8.89. The minimum atomic E-state index is 0.593. The molecular weight excluding hydrogens is 212 g/mol. The fourth-order valence-corrected chi connectivity index (χ4v) is 3.33. The van der Waals surface area contributed by atoms with Gasteiger partial charge >= 0.3 is 0 Å². The Hall–Kier alpha value is -0.900. The first kappa shape index (κ1) is 11.2.